The zero-order valence-electron chi connectivity index (χ0n) is 7.93. The summed E-state index contributed by atoms with van der Waals surface area (Å²) in [5, 5.41) is 0.747. The predicted molar refractivity (Wildman–Crippen MR) is 54.8 cm³/mol. The number of aryl methyl sites for hydroxylation is 2. The molecule has 2 N–H and O–H groups in total. The molecule has 0 radical (unpaired) electrons. The van der Waals surface area contributed by atoms with Gasteiger partial charge in [0.05, 0.1) is 13.3 Å². The van der Waals surface area contributed by atoms with Crippen LogP contribution in [0.4, 0.5) is 0 Å². The van der Waals surface area contributed by atoms with E-state index in [-0.39, 0.29) is 6.73 Å². The smallest absolute Gasteiger partial charge is 0.0944 e. The van der Waals surface area contributed by atoms with Crippen LogP contribution in [-0.2, 0) is 11.3 Å². The van der Waals surface area contributed by atoms with Crippen molar-refractivity contribution in [2.75, 3.05) is 6.73 Å². The summed E-state index contributed by atoms with van der Waals surface area (Å²) in [6, 6.07) is 3.99. The second kappa shape index (κ2) is 4.61. The Morgan fingerprint density at radius 2 is 1.92 bits per heavy atom. The van der Waals surface area contributed by atoms with Gasteiger partial charge in [-0.15, -0.1) is 0 Å². The molecule has 0 unspecified atom stereocenters. The first kappa shape index (κ1) is 10.5. The molecule has 1 aromatic rings. The maximum absolute atomic E-state index is 6.02. The number of nitrogens with two attached hydrogens (primary N) is 1. The third-order valence-electron chi connectivity index (χ3n) is 2.04. The number of hydrogen-bond donors (Lipinski definition) is 1. The van der Waals surface area contributed by atoms with E-state index < -0.39 is 0 Å². The van der Waals surface area contributed by atoms with Gasteiger partial charge in [-0.05, 0) is 36.6 Å². The molecule has 0 amide bonds. The molecule has 0 spiro atoms. The van der Waals surface area contributed by atoms with Crippen molar-refractivity contribution in [3.63, 3.8) is 0 Å². The van der Waals surface area contributed by atoms with E-state index in [9.17, 15) is 0 Å². The topological polar surface area (TPSA) is 35.2 Å². The highest BCUT2D eigenvalue weighted by Gasteiger charge is 2.02. The highest BCUT2D eigenvalue weighted by atomic mass is 35.5. The molecule has 0 atom stereocenters. The van der Waals surface area contributed by atoms with E-state index in [2.05, 4.69) is 6.92 Å². The van der Waals surface area contributed by atoms with Gasteiger partial charge >= 0.3 is 0 Å². The summed E-state index contributed by atoms with van der Waals surface area (Å²) in [4.78, 5) is 0. The van der Waals surface area contributed by atoms with Crippen LogP contribution >= 0.6 is 11.6 Å². The largest absolute Gasteiger partial charge is 0.362 e. The lowest BCUT2D eigenvalue weighted by Gasteiger charge is -2.07. The van der Waals surface area contributed by atoms with Crippen LogP contribution in [0.25, 0.3) is 0 Å². The summed E-state index contributed by atoms with van der Waals surface area (Å²) in [5.41, 5.74) is 8.64. The first-order valence-corrected chi connectivity index (χ1v) is 4.56. The van der Waals surface area contributed by atoms with Crippen LogP contribution in [0.5, 0.6) is 0 Å². The molecule has 0 heterocycles. The van der Waals surface area contributed by atoms with Gasteiger partial charge < -0.3 is 10.5 Å². The average molecular weight is 200 g/mol. The lowest BCUT2D eigenvalue weighted by Crippen LogP contribution is -2.04. The molecule has 0 aliphatic rings. The average Bonchev–Trinajstić information content (AvgIpc) is 2.09. The predicted octanol–water partition coefficient (Wildman–Crippen LogP) is 2.39. The van der Waals surface area contributed by atoms with Crippen LogP contribution in [0.15, 0.2) is 12.1 Å². The molecule has 2 nitrogen and oxygen atoms in total. The Bertz CT molecular complexity index is 299. The van der Waals surface area contributed by atoms with Crippen molar-refractivity contribution in [1.29, 1.82) is 0 Å². The fourth-order valence-corrected chi connectivity index (χ4v) is 1.39. The van der Waals surface area contributed by atoms with Gasteiger partial charge in [0.25, 0.3) is 0 Å². The van der Waals surface area contributed by atoms with Crippen molar-refractivity contribution >= 4 is 11.6 Å². The number of halogens is 1. The maximum atomic E-state index is 6.02. The molecule has 13 heavy (non-hydrogen) atoms. The van der Waals surface area contributed by atoms with Crippen LogP contribution in [0.2, 0.25) is 5.02 Å². The van der Waals surface area contributed by atoms with Crippen molar-refractivity contribution in [1.82, 2.24) is 0 Å². The first-order chi connectivity index (χ1) is 6.15. The summed E-state index contributed by atoms with van der Waals surface area (Å²) < 4.78 is 5.09. The first-order valence-electron chi connectivity index (χ1n) is 4.18. The van der Waals surface area contributed by atoms with E-state index >= 15 is 0 Å². The fourth-order valence-electron chi connectivity index (χ4n) is 1.12. The highest BCUT2D eigenvalue weighted by molar-refractivity contribution is 6.31. The lowest BCUT2D eigenvalue weighted by atomic mass is 10.1. The molecule has 0 bridgehead atoms. The van der Waals surface area contributed by atoms with Gasteiger partial charge in [-0.25, -0.2) is 0 Å². The Balaban J connectivity index is 2.88. The standard InChI is InChI=1S/C10H14ClNO/c1-7-3-9(5-13-6-12)10(11)4-8(7)2/h3-4H,5-6,12H2,1-2H3. The van der Waals surface area contributed by atoms with Gasteiger partial charge in [-0.3, -0.25) is 0 Å². The molecule has 0 aliphatic heterocycles. The summed E-state index contributed by atoms with van der Waals surface area (Å²) in [7, 11) is 0. The van der Waals surface area contributed by atoms with Gasteiger partial charge in [0.15, 0.2) is 0 Å². The Morgan fingerprint density at radius 1 is 1.31 bits per heavy atom. The van der Waals surface area contributed by atoms with E-state index in [1.165, 1.54) is 11.1 Å². The molecule has 0 saturated heterocycles. The zero-order valence-corrected chi connectivity index (χ0v) is 8.69. The minimum atomic E-state index is 0.225. The molecule has 1 rings (SSSR count). The van der Waals surface area contributed by atoms with Gasteiger partial charge in [0.1, 0.15) is 0 Å². The maximum Gasteiger partial charge on any atom is 0.0944 e. The Morgan fingerprint density at radius 3 is 2.54 bits per heavy atom. The Hall–Kier alpha value is -0.570. The van der Waals surface area contributed by atoms with Crippen molar-refractivity contribution in [3.05, 3.63) is 33.8 Å². The van der Waals surface area contributed by atoms with Gasteiger partial charge in [-0.1, -0.05) is 17.7 Å². The zero-order chi connectivity index (χ0) is 9.84. The van der Waals surface area contributed by atoms with Crippen molar-refractivity contribution in [2.24, 2.45) is 5.73 Å². The lowest BCUT2D eigenvalue weighted by molar-refractivity contribution is 0.127. The summed E-state index contributed by atoms with van der Waals surface area (Å²) in [6.45, 7) is 4.80. The molecule has 0 aromatic heterocycles. The molecule has 0 saturated carbocycles. The van der Waals surface area contributed by atoms with E-state index in [0.29, 0.717) is 6.61 Å². The van der Waals surface area contributed by atoms with Crippen LogP contribution in [0, 0.1) is 13.8 Å². The van der Waals surface area contributed by atoms with Crippen LogP contribution < -0.4 is 5.73 Å². The normalized spacial score (nSPS) is 10.5. The van der Waals surface area contributed by atoms with Crippen LogP contribution in [-0.4, -0.2) is 6.73 Å². The summed E-state index contributed by atoms with van der Waals surface area (Å²) in [5.74, 6) is 0. The second-order valence-electron chi connectivity index (χ2n) is 3.04. The van der Waals surface area contributed by atoms with Gasteiger partial charge in [-0.2, -0.15) is 0 Å². The molecular weight excluding hydrogens is 186 g/mol. The minimum Gasteiger partial charge on any atom is -0.362 e. The monoisotopic (exact) mass is 199 g/mol. The van der Waals surface area contributed by atoms with Gasteiger partial charge in [0.2, 0.25) is 0 Å². The Labute approximate surface area is 83.6 Å². The quantitative estimate of drug-likeness (QED) is 0.759. The van der Waals surface area contributed by atoms with Crippen LogP contribution in [0.1, 0.15) is 16.7 Å². The number of benzene rings is 1. The third-order valence-corrected chi connectivity index (χ3v) is 2.39. The highest BCUT2D eigenvalue weighted by Crippen LogP contribution is 2.21. The second-order valence-corrected chi connectivity index (χ2v) is 3.45. The summed E-state index contributed by atoms with van der Waals surface area (Å²) in [6.07, 6.45) is 0. The number of ether oxygens (including phenoxy) is 1. The number of rotatable bonds is 3. The molecule has 72 valence electrons. The van der Waals surface area contributed by atoms with Crippen molar-refractivity contribution in [3.8, 4) is 0 Å². The van der Waals surface area contributed by atoms with Crippen LogP contribution in [0.3, 0.4) is 0 Å². The van der Waals surface area contributed by atoms with E-state index in [1.807, 2.05) is 19.1 Å². The minimum absolute atomic E-state index is 0.225. The molecule has 0 fully saturated rings. The molecular formula is C10H14ClNO. The van der Waals surface area contributed by atoms with E-state index in [1.54, 1.807) is 0 Å². The summed E-state index contributed by atoms with van der Waals surface area (Å²) >= 11 is 6.02. The molecule has 1 aromatic carbocycles. The molecule has 0 aliphatic carbocycles. The van der Waals surface area contributed by atoms with E-state index in [4.69, 9.17) is 22.1 Å². The van der Waals surface area contributed by atoms with E-state index in [0.717, 1.165) is 10.6 Å². The third kappa shape index (κ3) is 2.69. The van der Waals surface area contributed by atoms with Crippen molar-refractivity contribution in [2.45, 2.75) is 20.5 Å². The SMILES string of the molecule is Cc1cc(Cl)c(COCN)cc1C. The fraction of sp³-hybridized carbons (Fsp3) is 0.400. The van der Waals surface area contributed by atoms with Crippen molar-refractivity contribution < 1.29 is 4.74 Å². The molecule has 3 heteroatoms. The van der Waals surface area contributed by atoms with Gasteiger partial charge in [0, 0.05) is 5.02 Å². The number of hydrogen-bond acceptors (Lipinski definition) is 2. The Kier molecular flexibility index (Phi) is 3.72.